The number of esters is 1. The Hall–Kier alpha value is -3.14. The summed E-state index contributed by atoms with van der Waals surface area (Å²) in [5.74, 6) is -0.996. The molecule has 9 nitrogen and oxygen atoms in total. The maximum absolute atomic E-state index is 14.0. The van der Waals surface area contributed by atoms with Crippen molar-refractivity contribution in [1.82, 2.24) is 25.3 Å². The highest BCUT2D eigenvalue weighted by molar-refractivity contribution is 5.95. The first-order chi connectivity index (χ1) is 16.3. The Bertz CT molecular complexity index is 953. The highest BCUT2D eigenvalue weighted by atomic mass is 19.1. The molecule has 1 aromatic carbocycles. The smallest absolute Gasteiger partial charge is 0.338 e. The minimum absolute atomic E-state index is 0.0431. The van der Waals surface area contributed by atoms with Crippen molar-refractivity contribution < 1.29 is 23.5 Å². The van der Waals surface area contributed by atoms with Gasteiger partial charge in [0.05, 0.1) is 18.2 Å². The number of carbonyl (C=O) groups is 3. The molecule has 186 valence electrons. The monoisotopic (exact) mass is 475 g/mol. The molecule has 3 rings (SSSR count). The number of hydrogen-bond donors (Lipinski definition) is 2. The van der Waals surface area contributed by atoms with Gasteiger partial charge in [0.25, 0.3) is 0 Å². The molecule has 0 aliphatic carbocycles. The topological polar surface area (TPSA) is 94.2 Å². The Morgan fingerprint density at radius 3 is 2.62 bits per heavy atom. The van der Waals surface area contributed by atoms with Crippen molar-refractivity contribution in [1.29, 1.82) is 0 Å². The third-order valence-electron chi connectivity index (χ3n) is 6.11. The molecular formula is C24H34FN5O4. The van der Waals surface area contributed by atoms with Crippen LogP contribution in [0.25, 0.3) is 0 Å². The predicted octanol–water partition coefficient (Wildman–Crippen LogP) is 2.46. The molecule has 0 unspecified atom stereocenters. The molecule has 2 heterocycles. The lowest BCUT2D eigenvalue weighted by atomic mass is 9.94. The molecule has 0 bridgehead atoms. The van der Waals surface area contributed by atoms with Gasteiger partial charge in [0.15, 0.2) is 0 Å². The van der Waals surface area contributed by atoms with E-state index in [1.54, 1.807) is 24.0 Å². The number of nitrogens with zero attached hydrogens (tertiary/aromatic N) is 3. The Morgan fingerprint density at radius 2 is 2.00 bits per heavy atom. The minimum atomic E-state index is -0.825. The van der Waals surface area contributed by atoms with Crippen LogP contribution >= 0.6 is 0 Å². The standard InChI is InChI=1S/C24H34FN5O4/c1-5-26-23(32)30-12-11-28(14-16(30)4)15-19-20(22(31)34-7-3)21(27-24(33)29(19)6-2)17-9-8-10-18(25)13-17/h8-10,13,16,21H,5-7,11-12,14-15H2,1-4H3,(H,26,32)(H,27,33)/t16-,21+/m0/s1. The van der Waals surface area contributed by atoms with E-state index < -0.39 is 17.8 Å². The average Bonchev–Trinajstić information content (AvgIpc) is 2.79. The van der Waals surface area contributed by atoms with E-state index in [9.17, 15) is 18.8 Å². The van der Waals surface area contributed by atoms with Gasteiger partial charge >= 0.3 is 18.0 Å². The molecule has 34 heavy (non-hydrogen) atoms. The van der Waals surface area contributed by atoms with Crippen molar-refractivity contribution in [3.8, 4) is 0 Å². The van der Waals surface area contributed by atoms with Gasteiger partial charge < -0.3 is 20.3 Å². The van der Waals surface area contributed by atoms with Gasteiger partial charge in [-0.25, -0.2) is 18.8 Å². The number of amides is 4. The van der Waals surface area contributed by atoms with E-state index in [2.05, 4.69) is 15.5 Å². The molecule has 1 fully saturated rings. The van der Waals surface area contributed by atoms with Gasteiger partial charge in [0, 0.05) is 51.0 Å². The second-order valence-corrected chi connectivity index (χ2v) is 8.38. The van der Waals surface area contributed by atoms with Crippen molar-refractivity contribution >= 4 is 18.0 Å². The van der Waals surface area contributed by atoms with Crippen molar-refractivity contribution in [2.75, 3.05) is 45.9 Å². The molecule has 0 spiro atoms. The summed E-state index contributed by atoms with van der Waals surface area (Å²) in [5.41, 5.74) is 1.31. The molecule has 2 atom stereocenters. The third kappa shape index (κ3) is 5.49. The van der Waals surface area contributed by atoms with E-state index >= 15 is 0 Å². The summed E-state index contributed by atoms with van der Waals surface area (Å²) in [6, 6.07) is 4.54. The quantitative estimate of drug-likeness (QED) is 0.591. The van der Waals surface area contributed by atoms with Gasteiger partial charge in [-0.15, -0.1) is 0 Å². The lowest BCUT2D eigenvalue weighted by Crippen LogP contribution is -2.58. The van der Waals surface area contributed by atoms with E-state index in [-0.39, 0.29) is 24.7 Å². The van der Waals surface area contributed by atoms with Crippen LogP contribution in [0.1, 0.15) is 39.3 Å². The zero-order valence-corrected chi connectivity index (χ0v) is 20.3. The van der Waals surface area contributed by atoms with E-state index in [1.165, 1.54) is 17.0 Å². The number of halogens is 1. The van der Waals surface area contributed by atoms with Crippen LogP contribution in [-0.4, -0.2) is 84.6 Å². The maximum Gasteiger partial charge on any atom is 0.338 e. The van der Waals surface area contributed by atoms with Gasteiger partial charge in [-0.2, -0.15) is 0 Å². The van der Waals surface area contributed by atoms with Gasteiger partial charge in [0.2, 0.25) is 0 Å². The van der Waals surface area contributed by atoms with Crippen LogP contribution in [0, 0.1) is 5.82 Å². The second-order valence-electron chi connectivity index (χ2n) is 8.38. The molecule has 10 heteroatoms. The SMILES string of the molecule is CCNC(=O)N1CCN(CC2=C(C(=O)OCC)[C@@H](c3cccc(F)c3)NC(=O)N2CC)C[C@@H]1C. The van der Waals surface area contributed by atoms with Crippen LogP contribution in [0.3, 0.4) is 0 Å². The first-order valence-electron chi connectivity index (χ1n) is 11.8. The Morgan fingerprint density at radius 1 is 1.24 bits per heavy atom. The fourth-order valence-corrected chi connectivity index (χ4v) is 4.54. The Labute approximate surface area is 199 Å². The van der Waals surface area contributed by atoms with E-state index in [4.69, 9.17) is 4.74 Å². The van der Waals surface area contributed by atoms with Crippen LogP contribution in [0.15, 0.2) is 35.5 Å². The summed E-state index contributed by atoms with van der Waals surface area (Å²) in [7, 11) is 0. The highest BCUT2D eigenvalue weighted by Crippen LogP contribution is 2.32. The number of ether oxygens (including phenoxy) is 1. The normalized spacial score (nSPS) is 21.4. The lowest BCUT2D eigenvalue weighted by molar-refractivity contribution is -0.139. The molecule has 0 radical (unpaired) electrons. The van der Waals surface area contributed by atoms with Gasteiger partial charge in [-0.3, -0.25) is 9.80 Å². The molecule has 0 saturated carbocycles. The second kappa shape index (κ2) is 11.3. The number of piperazine rings is 1. The first-order valence-corrected chi connectivity index (χ1v) is 11.8. The molecule has 2 N–H and O–H groups in total. The molecule has 4 amide bonds. The van der Waals surface area contributed by atoms with Gasteiger partial charge in [-0.05, 0) is 45.4 Å². The van der Waals surface area contributed by atoms with Crippen LogP contribution in [0.5, 0.6) is 0 Å². The number of rotatable bonds is 7. The molecule has 2 aliphatic heterocycles. The number of nitrogens with one attached hydrogen (secondary N) is 2. The summed E-state index contributed by atoms with van der Waals surface area (Å²) in [6.45, 7) is 10.5. The molecule has 2 aliphatic rings. The van der Waals surface area contributed by atoms with Crippen LogP contribution < -0.4 is 10.6 Å². The summed E-state index contributed by atoms with van der Waals surface area (Å²) < 4.78 is 19.4. The van der Waals surface area contributed by atoms with Gasteiger partial charge in [-0.1, -0.05) is 12.1 Å². The minimum Gasteiger partial charge on any atom is -0.463 e. The van der Waals surface area contributed by atoms with Crippen molar-refractivity contribution in [3.63, 3.8) is 0 Å². The molecular weight excluding hydrogens is 441 g/mol. The highest BCUT2D eigenvalue weighted by Gasteiger charge is 2.39. The molecule has 1 aromatic rings. The summed E-state index contributed by atoms with van der Waals surface area (Å²) in [4.78, 5) is 43.9. The Kier molecular flexibility index (Phi) is 8.49. The van der Waals surface area contributed by atoms with Crippen molar-refractivity contribution in [2.45, 2.75) is 39.8 Å². The van der Waals surface area contributed by atoms with E-state index in [0.717, 1.165) is 0 Å². The van der Waals surface area contributed by atoms with E-state index in [0.29, 0.717) is 56.1 Å². The van der Waals surface area contributed by atoms with Crippen molar-refractivity contribution in [2.24, 2.45) is 0 Å². The first kappa shape index (κ1) is 25.5. The number of likely N-dealkylation sites (N-methyl/N-ethyl adjacent to an activating group) is 1. The largest absolute Gasteiger partial charge is 0.463 e. The van der Waals surface area contributed by atoms with Crippen molar-refractivity contribution in [3.05, 3.63) is 46.9 Å². The summed E-state index contributed by atoms with van der Waals surface area (Å²) in [6.07, 6.45) is 0. The number of urea groups is 2. The predicted molar refractivity (Wildman–Crippen MR) is 125 cm³/mol. The zero-order valence-electron chi connectivity index (χ0n) is 20.3. The number of benzene rings is 1. The number of hydrogen-bond acceptors (Lipinski definition) is 5. The fourth-order valence-electron chi connectivity index (χ4n) is 4.54. The fraction of sp³-hybridized carbons (Fsp3) is 0.542. The zero-order chi connectivity index (χ0) is 24.8. The summed E-state index contributed by atoms with van der Waals surface area (Å²) >= 11 is 0. The van der Waals surface area contributed by atoms with Crippen LogP contribution in [-0.2, 0) is 9.53 Å². The van der Waals surface area contributed by atoms with Gasteiger partial charge in [0.1, 0.15) is 5.82 Å². The summed E-state index contributed by atoms with van der Waals surface area (Å²) in [5, 5.41) is 5.68. The lowest BCUT2D eigenvalue weighted by Gasteiger charge is -2.42. The van der Waals surface area contributed by atoms with Crippen LogP contribution in [0.4, 0.5) is 14.0 Å². The number of carbonyl (C=O) groups excluding carboxylic acids is 3. The third-order valence-corrected chi connectivity index (χ3v) is 6.11. The Balaban J connectivity index is 1.96. The van der Waals surface area contributed by atoms with E-state index in [1.807, 2.05) is 20.8 Å². The average molecular weight is 476 g/mol. The van der Waals surface area contributed by atoms with Crippen LogP contribution in [0.2, 0.25) is 0 Å². The molecule has 1 saturated heterocycles. The molecule has 0 aromatic heterocycles. The maximum atomic E-state index is 14.0.